The van der Waals surface area contributed by atoms with Crippen molar-refractivity contribution in [2.45, 2.75) is 76.6 Å². The van der Waals surface area contributed by atoms with Crippen molar-refractivity contribution in [1.82, 2.24) is 15.7 Å². The van der Waals surface area contributed by atoms with Crippen LogP contribution in [0.3, 0.4) is 0 Å². The first-order valence-corrected chi connectivity index (χ1v) is 16.7. The van der Waals surface area contributed by atoms with Gasteiger partial charge in [-0.25, -0.2) is 5.48 Å². The number of hydroxylamine groups is 1. The van der Waals surface area contributed by atoms with Crippen LogP contribution in [-0.4, -0.2) is 66.0 Å². The molecule has 2 heterocycles. The van der Waals surface area contributed by atoms with E-state index in [1.165, 1.54) is 0 Å². The second-order valence-electron chi connectivity index (χ2n) is 12.3. The highest BCUT2D eigenvalue weighted by Crippen LogP contribution is 2.39. The van der Waals surface area contributed by atoms with Gasteiger partial charge in [0.2, 0.25) is 11.8 Å². The molecule has 10 heteroatoms. The van der Waals surface area contributed by atoms with Gasteiger partial charge in [-0.15, -0.1) is 0 Å². The lowest BCUT2D eigenvalue weighted by Gasteiger charge is -2.39. The first-order valence-electron chi connectivity index (χ1n) is 16.7. The number of carbonyl (C=O) groups is 2. The predicted molar refractivity (Wildman–Crippen MR) is 177 cm³/mol. The fourth-order valence-electron chi connectivity index (χ4n) is 6.14. The first-order chi connectivity index (χ1) is 23.0. The number of benzene rings is 3. The van der Waals surface area contributed by atoms with Gasteiger partial charge < -0.3 is 24.6 Å². The molecule has 47 heavy (non-hydrogen) atoms. The van der Waals surface area contributed by atoms with Crippen LogP contribution >= 0.6 is 0 Å². The molecule has 0 spiro atoms. The van der Waals surface area contributed by atoms with Crippen LogP contribution in [0.25, 0.3) is 11.1 Å². The maximum absolute atomic E-state index is 12.5. The monoisotopic (exact) mass is 645 g/mol. The first kappa shape index (κ1) is 34.7. The summed E-state index contributed by atoms with van der Waals surface area (Å²) in [6.07, 6.45) is 3.94. The van der Waals surface area contributed by atoms with Crippen molar-refractivity contribution in [2.24, 2.45) is 0 Å². The molecule has 0 bridgehead atoms. The van der Waals surface area contributed by atoms with Crippen molar-refractivity contribution >= 4 is 11.8 Å². The highest BCUT2D eigenvalue weighted by Gasteiger charge is 2.33. The number of hydrogen-bond donors (Lipinski definition) is 4. The zero-order chi connectivity index (χ0) is 32.8. The number of nitrogens with zero attached hydrogens (tertiary/aromatic N) is 1. The summed E-state index contributed by atoms with van der Waals surface area (Å²) in [5.74, 6) is -0.378. The summed E-state index contributed by atoms with van der Waals surface area (Å²) >= 11 is 0. The molecule has 0 unspecified atom stereocenters. The zero-order valence-electron chi connectivity index (χ0n) is 26.9. The van der Waals surface area contributed by atoms with Gasteiger partial charge >= 0.3 is 0 Å². The Balaban J connectivity index is 1.20. The van der Waals surface area contributed by atoms with E-state index in [1.54, 1.807) is 5.48 Å². The summed E-state index contributed by atoms with van der Waals surface area (Å²) in [4.78, 5) is 26.0. The van der Waals surface area contributed by atoms with Crippen LogP contribution < -0.4 is 10.8 Å². The van der Waals surface area contributed by atoms with Crippen LogP contribution in [0, 0.1) is 0 Å². The van der Waals surface area contributed by atoms with Crippen molar-refractivity contribution in [3.8, 4) is 11.1 Å². The van der Waals surface area contributed by atoms with Crippen molar-refractivity contribution in [1.29, 1.82) is 0 Å². The third-order valence-electron chi connectivity index (χ3n) is 8.85. The van der Waals surface area contributed by atoms with Crippen LogP contribution in [0.1, 0.15) is 79.6 Å². The third kappa shape index (κ3) is 10.4. The van der Waals surface area contributed by atoms with Crippen LogP contribution in [0.5, 0.6) is 0 Å². The van der Waals surface area contributed by atoms with E-state index in [2.05, 4.69) is 40.5 Å². The molecular weight excluding hydrogens is 598 g/mol. The summed E-state index contributed by atoms with van der Waals surface area (Å²) in [7, 11) is 0. The Morgan fingerprint density at radius 3 is 2.19 bits per heavy atom. The molecular formula is C37H47N3O7. The molecule has 2 aliphatic rings. The third-order valence-corrected chi connectivity index (χ3v) is 8.85. The van der Waals surface area contributed by atoms with Gasteiger partial charge in [-0.05, 0) is 40.7 Å². The molecule has 0 aromatic heterocycles. The minimum atomic E-state index is -0.521. The largest absolute Gasteiger partial charge is 0.392 e. The SMILES string of the molecule is O=C(CCCCCCC(=O)NCc1ccccc1-c1ccc([C@H]2O[C@@H](CN3CCOCC3)C[C@@H](c3ccc(CO)cc3)O2)cc1)NO. The molecule has 2 saturated heterocycles. The Labute approximate surface area is 277 Å². The number of morpholine rings is 1. The van der Waals surface area contributed by atoms with Crippen LogP contribution in [-0.2, 0) is 37.0 Å². The number of ether oxygens (including phenoxy) is 3. The van der Waals surface area contributed by atoms with Gasteiger partial charge in [-0.3, -0.25) is 19.7 Å². The van der Waals surface area contributed by atoms with E-state index in [0.717, 1.165) is 91.9 Å². The molecule has 0 radical (unpaired) electrons. The number of aliphatic hydroxyl groups is 1. The number of nitrogens with one attached hydrogen (secondary N) is 2. The van der Waals surface area contributed by atoms with E-state index in [9.17, 15) is 14.7 Å². The van der Waals surface area contributed by atoms with E-state index in [-0.39, 0.29) is 37.0 Å². The normalized spacial score (nSPS) is 20.1. The van der Waals surface area contributed by atoms with E-state index in [4.69, 9.17) is 19.4 Å². The average molecular weight is 646 g/mol. The van der Waals surface area contributed by atoms with Crippen molar-refractivity contribution in [2.75, 3.05) is 32.8 Å². The average Bonchev–Trinajstić information content (AvgIpc) is 3.12. The Bertz CT molecular complexity index is 1410. The second-order valence-corrected chi connectivity index (χ2v) is 12.3. The van der Waals surface area contributed by atoms with Crippen LogP contribution in [0.4, 0.5) is 0 Å². The highest BCUT2D eigenvalue weighted by atomic mass is 16.7. The summed E-state index contributed by atoms with van der Waals surface area (Å²) in [6.45, 7) is 4.51. The minimum absolute atomic E-state index is 0.00189. The van der Waals surface area contributed by atoms with Gasteiger partial charge in [0.1, 0.15) is 0 Å². The molecule has 3 atom stereocenters. The smallest absolute Gasteiger partial charge is 0.243 e. The number of carbonyl (C=O) groups excluding carboxylic acids is 2. The molecule has 2 amide bonds. The maximum atomic E-state index is 12.5. The molecule has 2 aliphatic heterocycles. The Kier molecular flexibility index (Phi) is 13.3. The zero-order valence-corrected chi connectivity index (χ0v) is 26.9. The van der Waals surface area contributed by atoms with Crippen LogP contribution in [0.15, 0.2) is 72.8 Å². The van der Waals surface area contributed by atoms with Crippen molar-refractivity contribution in [3.63, 3.8) is 0 Å². The molecule has 3 aromatic carbocycles. The van der Waals surface area contributed by atoms with Crippen LogP contribution in [0.2, 0.25) is 0 Å². The van der Waals surface area contributed by atoms with Gasteiger partial charge in [0.25, 0.3) is 0 Å². The predicted octanol–water partition coefficient (Wildman–Crippen LogP) is 5.19. The van der Waals surface area contributed by atoms with Crippen molar-refractivity contribution < 1.29 is 34.1 Å². The number of rotatable bonds is 15. The van der Waals surface area contributed by atoms with E-state index < -0.39 is 6.29 Å². The van der Waals surface area contributed by atoms with E-state index in [0.29, 0.717) is 19.4 Å². The molecule has 4 N–H and O–H groups in total. The highest BCUT2D eigenvalue weighted by molar-refractivity contribution is 5.76. The molecule has 252 valence electrons. The lowest BCUT2D eigenvalue weighted by Crippen LogP contribution is -2.44. The molecule has 3 aromatic rings. The van der Waals surface area contributed by atoms with Gasteiger partial charge in [-0.2, -0.15) is 0 Å². The summed E-state index contributed by atoms with van der Waals surface area (Å²) < 4.78 is 18.7. The molecule has 2 fully saturated rings. The molecule has 10 nitrogen and oxygen atoms in total. The Hall–Kier alpha value is -3.64. The summed E-state index contributed by atoms with van der Waals surface area (Å²) in [6, 6.07) is 24.3. The second kappa shape index (κ2) is 18.1. The Morgan fingerprint density at radius 1 is 0.809 bits per heavy atom. The van der Waals surface area contributed by atoms with E-state index in [1.807, 2.05) is 42.5 Å². The number of amides is 2. The van der Waals surface area contributed by atoms with Gasteiger partial charge in [0, 0.05) is 51.0 Å². The topological polar surface area (TPSA) is 130 Å². The minimum Gasteiger partial charge on any atom is -0.392 e. The molecule has 0 saturated carbocycles. The summed E-state index contributed by atoms with van der Waals surface area (Å²) in [5.41, 5.74) is 7.66. The fraction of sp³-hybridized carbons (Fsp3) is 0.459. The lowest BCUT2D eigenvalue weighted by atomic mass is 9.97. The lowest BCUT2D eigenvalue weighted by molar-refractivity contribution is -0.253. The number of unbranched alkanes of at least 4 members (excludes halogenated alkanes) is 3. The number of aliphatic hydroxyl groups excluding tert-OH is 1. The van der Waals surface area contributed by atoms with E-state index >= 15 is 0 Å². The van der Waals surface area contributed by atoms with Crippen molar-refractivity contribution in [3.05, 3.63) is 95.1 Å². The van der Waals surface area contributed by atoms with Gasteiger partial charge in [0.15, 0.2) is 6.29 Å². The van der Waals surface area contributed by atoms with Gasteiger partial charge in [-0.1, -0.05) is 85.6 Å². The number of hydrogen-bond acceptors (Lipinski definition) is 8. The quantitative estimate of drug-likeness (QED) is 0.101. The maximum Gasteiger partial charge on any atom is 0.243 e. The summed E-state index contributed by atoms with van der Waals surface area (Å²) in [5, 5.41) is 21.1. The fourth-order valence-corrected chi connectivity index (χ4v) is 6.14. The molecule has 5 rings (SSSR count). The Morgan fingerprint density at radius 2 is 1.49 bits per heavy atom. The molecule has 0 aliphatic carbocycles. The van der Waals surface area contributed by atoms with Gasteiger partial charge in [0.05, 0.1) is 32.0 Å². The standard InChI is InChI=1S/C37H47N3O7/c41-26-27-11-13-29(14-12-27)34-23-32(25-40-19-21-45-22-20-40)46-37(47-34)30-17-15-28(16-18-30)33-8-6-5-7-31(33)24-38-35(42)9-3-1-2-4-10-36(43)39-44/h5-8,11-18,32,34,37,41,44H,1-4,9-10,19-26H2,(H,38,42)(H,39,43)/t32-,34+,37+/m1/s1.